The maximum atomic E-state index is 12.8. The number of hydrogen-bond donors (Lipinski definition) is 0. The number of unbranched alkanes of at least 4 members (excludes halogenated alkanes) is 12. The van der Waals surface area contributed by atoms with Crippen molar-refractivity contribution in [1.82, 2.24) is 0 Å². The van der Waals surface area contributed by atoms with Crippen LogP contribution in [-0.4, -0.2) is 37.2 Å². The van der Waals surface area contributed by atoms with Crippen LogP contribution in [0.25, 0.3) is 0 Å². The lowest BCUT2D eigenvalue weighted by atomic mass is 10.0. The van der Waals surface area contributed by atoms with Gasteiger partial charge in [0, 0.05) is 19.3 Å². The molecule has 1 atom stereocenters. The summed E-state index contributed by atoms with van der Waals surface area (Å²) in [5.41, 5.74) is 0. The first kappa shape index (κ1) is 61.5. The molecule has 0 bridgehead atoms. The zero-order valence-corrected chi connectivity index (χ0v) is 42.1. The minimum atomic E-state index is -0.844. The van der Waals surface area contributed by atoms with Crippen LogP contribution >= 0.6 is 0 Å². The molecule has 0 saturated carbocycles. The SMILES string of the molecule is CC/C=C\C/C=C\C/C=C\C/C=C\C/C=C\C/C=C\CCC(=O)O[C@H](COC(=O)CCC/C=C\C/C=C\C/C=C\C/C=C\C/C=C\CC)COC(=O)CCCCCCCCCCCCCC. The fourth-order valence-electron chi connectivity index (χ4n) is 6.56. The Bertz CT molecular complexity index is 1460. The highest BCUT2D eigenvalue weighted by atomic mass is 16.6. The molecule has 0 saturated heterocycles. The van der Waals surface area contributed by atoms with E-state index >= 15 is 0 Å². The Morgan fingerprint density at radius 2 is 0.621 bits per heavy atom. The van der Waals surface area contributed by atoms with Crippen LogP contribution < -0.4 is 0 Å². The van der Waals surface area contributed by atoms with Gasteiger partial charge in [0.1, 0.15) is 13.2 Å². The smallest absolute Gasteiger partial charge is 0.306 e. The fraction of sp³-hybridized carbons (Fsp3) is 0.583. The first-order valence-corrected chi connectivity index (χ1v) is 26.2. The van der Waals surface area contributed by atoms with E-state index < -0.39 is 12.1 Å². The first-order valence-electron chi connectivity index (χ1n) is 26.2. The van der Waals surface area contributed by atoms with Crippen molar-refractivity contribution in [3.63, 3.8) is 0 Å². The van der Waals surface area contributed by atoms with E-state index in [1.165, 1.54) is 57.8 Å². The van der Waals surface area contributed by atoms with E-state index in [4.69, 9.17) is 14.2 Å². The maximum Gasteiger partial charge on any atom is 0.306 e. The highest BCUT2D eigenvalue weighted by molar-refractivity contribution is 5.71. The summed E-state index contributed by atoms with van der Waals surface area (Å²) in [6.45, 7) is 6.27. The summed E-state index contributed by atoms with van der Waals surface area (Å²) < 4.78 is 16.7. The Balaban J connectivity index is 4.61. The van der Waals surface area contributed by atoms with Crippen molar-refractivity contribution in [3.05, 3.63) is 134 Å². The minimum absolute atomic E-state index is 0.129. The van der Waals surface area contributed by atoms with Crippen LogP contribution in [0.5, 0.6) is 0 Å². The molecule has 0 heterocycles. The van der Waals surface area contributed by atoms with Crippen LogP contribution in [0.2, 0.25) is 0 Å². The second kappa shape index (κ2) is 53.2. The van der Waals surface area contributed by atoms with Gasteiger partial charge in [-0.3, -0.25) is 14.4 Å². The van der Waals surface area contributed by atoms with Crippen LogP contribution in [0.4, 0.5) is 0 Å². The van der Waals surface area contributed by atoms with Gasteiger partial charge in [-0.05, 0) is 96.3 Å². The van der Waals surface area contributed by atoms with E-state index in [0.29, 0.717) is 19.3 Å². The monoisotopic (exact) mass is 911 g/mol. The molecular formula is C60H94O6. The molecule has 66 heavy (non-hydrogen) atoms. The number of allylic oxidation sites excluding steroid dienone is 22. The van der Waals surface area contributed by atoms with Gasteiger partial charge in [0.15, 0.2) is 6.10 Å². The minimum Gasteiger partial charge on any atom is -0.462 e. The maximum absolute atomic E-state index is 12.8. The van der Waals surface area contributed by atoms with Crippen molar-refractivity contribution in [1.29, 1.82) is 0 Å². The highest BCUT2D eigenvalue weighted by Crippen LogP contribution is 2.13. The average molecular weight is 911 g/mol. The summed E-state index contributed by atoms with van der Waals surface area (Å²) in [6, 6.07) is 0. The third-order valence-corrected chi connectivity index (χ3v) is 10.4. The van der Waals surface area contributed by atoms with Gasteiger partial charge in [-0.15, -0.1) is 0 Å². The molecule has 0 N–H and O–H groups in total. The topological polar surface area (TPSA) is 78.9 Å². The second-order valence-corrected chi connectivity index (χ2v) is 16.7. The van der Waals surface area contributed by atoms with Crippen LogP contribution in [-0.2, 0) is 28.6 Å². The van der Waals surface area contributed by atoms with Gasteiger partial charge in [0.2, 0.25) is 0 Å². The Morgan fingerprint density at radius 1 is 0.318 bits per heavy atom. The predicted octanol–water partition coefficient (Wildman–Crippen LogP) is 17.5. The van der Waals surface area contributed by atoms with Crippen molar-refractivity contribution >= 4 is 17.9 Å². The summed E-state index contributed by atoms with van der Waals surface area (Å²) in [5.74, 6) is -1.08. The van der Waals surface area contributed by atoms with Crippen LogP contribution in [0.3, 0.4) is 0 Å². The van der Waals surface area contributed by atoms with E-state index in [-0.39, 0.29) is 38.0 Å². The number of carbonyl (C=O) groups excluding carboxylic acids is 3. The summed E-state index contributed by atoms with van der Waals surface area (Å²) in [6.07, 6.45) is 74.5. The molecule has 0 aromatic rings. The third-order valence-electron chi connectivity index (χ3n) is 10.4. The molecule has 0 aliphatic rings. The normalized spacial score (nSPS) is 13.2. The summed E-state index contributed by atoms with van der Waals surface area (Å²) >= 11 is 0. The Morgan fingerprint density at radius 3 is 0.985 bits per heavy atom. The van der Waals surface area contributed by atoms with Gasteiger partial charge in [-0.25, -0.2) is 0 Å². The Labute approximate surface area is 405 Å². The molecule has 0 rings (SSSR count). The number of esters is 3. The van der Waals surface area contributed by atoms with Gasteiger partial charge in [0.25, 0.3) is 0 Å². The molecule has 0 amide bonds. The van der Waals surface area contributed by atoms with E-state index in [0.717, 1.165) is 96.3 Å². The quantitative estimate of drug-likeness (QED) is 0.0262. The molecule has 0 fully saturated rings. The summed E-state index contributed by atoms with van der Waals surface area (Å²) in [5, 5.41) is 0. The van der Waals surface area contributed by atoms with Crippen molar-refractivity contribution in [2.45, 2.75) is 213 Å². The standard InChI is InChI=1S/C60H94O6/c1-4-7-10-13-16-19-22-25-27-29-30-32-34-36-39-42-45-48-51-54-60(63)66-57(55-64-58(61)52-49-46-43-40-37-24-21-18-15-12-9-6-3)56-65-59(62)53-50-47-44-41-38-35-33-31-28-26-23-20-17-14-11-8-5-2/h7-8,10-11,16-17,19-20,25-28,30,32-33,35-36,39,41,44-45,48,57H,4-6,9,12-15,18,21-24,29,31,34,37-38,40,42-43,46-47,49-56H2,1-3H3/b10-7-,11-8-,19-16-,20-17-,27-25-,28-26-,32-30-,35-33-,39-36-,44-41-,48-45-/t57-/m0/s1. The molecular weight excluding hydrogens is 817 g/mol. The van der Waals surface area contributed by atoms with Gasteiger partial charge >= 0.3 is 17.9 Å². The summed E-state index contributed by atoms with van der Waals surface area (Å²) in [7, 11) is 0. The third kappa shape index (κ3) is 50.5. The fourth-order valence-corrected chi connectivity index (χ4v) is 6.56. The molecule has 0 radical (unpaired) electrons. The van der Waals surface area contributed by atoms with Crippen LogP contribution in [0.1, 0.15) is 207 Å². The largest absolute Gasteiger partial charge is 0.462 e. The van der Waals surface area contributed by atoms with Crippen molar-refractivity contribution in [3.8, 4) is 0 Å². The van der Waals surface area contributed by atoms with Crippen molar-refractivity contribution in [2.75, 3.05) is 13.2 Å². The zero-order valence-electron chi connectivity index (χ0n) is 42.1. The predicted molar refractivity (Wildman–Crippen MR) is 283 cm³/mol. The van der Waals surface area contributed by atoms with Crippen LogP contribution in [0, 0.1) is 0 Å². The second-order valence-electron chi connectivity index (χ2n) is 16.7. The van der Waals surface area contributed by atoms with E-state index in [1.807, 2.05) is 12.2 Å². The Hall–Kier alpha value is -4.45. The first-order chi connectivity index (χ1) is 32.5. The molecule has 0 aliphatic heterocycles. The van der Waals surface area contributed by atoms with E-state index in [1.54, 1.807) is 0 Å². The molecule has 6 nitrogen and oxygen atoms in total. The molecule has 0 aromatic heterocycles. The molecule has 370 valence electrons. The molecule has 0 aromatic carbocycles. The van der Waals surface area contributed by atoms with Crippen LogP contribution in [0.15, 0.2) is 134 Å². The van der Waals surface area contributed by atoms with Gasteiger partial charge in [-0.2, -0.15) is 0 Å². The van der Waals surface area contributed by atoms with E-state index in [2.05, 4.69) is 142 Å². The zero-order chi connectivity index (χ0) is 47.9. The Kier molecular flexibility index (Phi) is 49.6. The summed E-state index contributed by atoms with van der Waals surface area (Å²) in [4.78, 5) is 38.0. The highest BCUT2D eigenvalue weighted by Gasteiger charge is 2.19. The van der Waals surface area contributed by atoms with Crippen molar-refractivity contribution < 1.29 is 28.6 Å². The lowest BCUT2D eigenvalue weighted by Gasteiger charge is -2.18. The van der Waals surface area contributed by atoms with E-state index in [9.17, 15) is 14.4 Å². The van der Waals surface area contributed by atoms with Gasteiger partial charge < -0.3 is 14.2 Å². The molecule has 6 heteroatoms. The number of carbonyl (C=O) groups is 3. The van der Waals surface area contributed by atoms with Crippen molar-refractivity contribution in [2.24, 2.45) is 0 Å². The molecule has 0 unspecified atom stereocenters. The van der Waals surface area contributed by atoms with Gasteiger partial charge in [-0.1, -0.05) is 225 Å². The number of hydrogen-bond acceptors (Lipinski definition) is 6. The average Bonchev–Trinajstić information content (AvgIpc) is 3.31. The molecule has 0 aliphatic carbocycles. The number of rotatable bonds is 45. The lowest BCUT2D eigenvalue weighted by molar-refractivity contribution is -0.166. The number of ether oxygens (including phenoxy) is 3. The lowest BCUT2D eigenvalue weighted by Crippen LogP contribution is -2.30. The molecule has 0 spiro atoms. The van der Waals surface area contributed by atoms with Gasteiger partial charge in [0.05, 0.1) is 0 Å².